The average Bonchev–Trinajstić information content (AvgIpc) is 3.08. The number of carbonyl (C=O) groups excluding carboxylic acids is 4. The Bertz CT molecular complexity index is 1520. The summed E-state index contributed by atoms with van der Waals surface area (Å²) in [5.41, 5.74) is 1.25. The van der Waals surface area contributed by atoms with Crippen molar-refractivity contribution < 1.29 is 68.8 Å². The molecule has 0 fully saturated rings. The van der Waals surface area contributed by atoms with Crippen LogP contribution >= 0.6 is 0 Å². The van der Waals surface area contributed by atoms with Gasteiger partial charge in [-0.05, 0) is 55.5 Å². The molecule has 11 nitrogen and oxygen atoms in total. The van der Waals surface area contributed by atoms with Gasteiger partial charge in [-0.2, -0.15) is 0 Å². The first-order valence-corrected chi connectivity index (χ1v) is 17.0. The number of carbonyl (C=O) groups is 4. The van der Waals surface area contributed by atoms with E-state index in [1.807, 2.05) is 81.4 Å². The summed E-state index contributed by atoms with van der Waals surface area (Å²) in [6.45, 7) is 6.96. The third-order valence-electron chi connectivity index (χ3n) is 8.53. The molecule has 0 aliphatic carbocycles. The number of carboxylic acid groups (broad SMARTS) is 1. The van der Waals surface area contributed by atoms with Crippen LogP contribution in [0.3, 0.4) is 0 Å². The number of hydrogen-bond acceptors (Lipinski definition) is 8. The molecule has 2 unspecified atom stereocenters. The molecule has 0 spiro atoms. The van der Waals surface area contributed by atoms with Gasteiger partial charge in [0.25, 0.3) is 0 Å². The quantitative estimate of drug-likeness (QED) is 0.135. The van der Waals surface area contributed by atoms with Crippen LogP contribution in [0, 0.1) is 11.8 Å². The van der Waals surface area contributed by atoms with E-state index in [0.29, 0.717) is 24.9 Å². The van der Waals surface area contributed by atoms with Crippen LogP contribution in [0.4, 0.5) is 10.5 Å². The first kappa shape index (κ1) is 42.7. The number of ether oxygens (including phenoxy) is 1. The number of amides is 3. The van der Waals surface area contributed by atoms with E-state index >= 15 is 0 Å². The van der Waals surface area contributed by atoms with Crippen molar-refractivity contribution in [2.75, 3.05) is 11.5 Å². The Morgan fingerprint density at radius 1 is 0.860 bits per heavy atom. The van der Waals surface area contributed by atoms with E-state index in [-0.39, 0.29) is 61.5 Å². The Balaban J connectivity index is 0.00000867. The molecule has 0 saturated heterocycles. The van der Waals surface area contributed by atoms with E-state index in [1.165, 1.54) is 4.90 Å². The van der Waals surface area contributed by atoms with Crippen LogP contribution in [0.1, 0.15) is 71.8 Å². The van der Waals surface area contributed by atoms with Crippen LogP contribution in [-0.2, 0) is 25.7 Å². The number of unbranched alkanes of at least 4 members (excludes halogenated alkanes) is 1. The zero-order valence-electron chi connectivity index (χ0n) is 29.8. The Kier molecular flexibility index (Phi) is 18.5. The molecule has 0 saturated carbocycles. The molecule has 266 valence electrons. The van der Waals surface area contributed by atoms with Gasteiger partial charge in [0.05, 0.1) is 17.8 Å². The van der Waals surface area contributed by atoms with Gasteiger partial charge in [-0.25, -0.2) is 4.79 Å². The van der Waals surface area contributed by atoms with Gasteiger partial charge in [0.1, 0.15) is 18.7 Å². The molecular weight excluding hydrogens is 649 g/mol. The molecule has 3 amide bonds. The number of fused-ring (bicyclic) bond motifs is 1. The summed E-state index contributed by atoms with van der Waals surface area (Å²) >= 11 is 0. The Labute approximate surface area is 317 Å². The zero-order chi connectivity index (χ0) is 35.9. The van der Waals surface area contributed by atoms with E-state index < -0.39 is 54.0 Å². The van der Waals surface area contributed by atoms with Gasteiger partial charge in [-0.3, -0.25) is 14.5 Å². The number of rotatable bonds is 19. The topological polar surface area (TPSA) is 168 Å². The molecule has 12 heteroatoms. The average molecular weight is 700 g/mol. The maximum absolute atomic E-state index is 14.0. The maximum atomic E-state index is 14.0. The molecule has 0 aliphatic rings. The zero-order valence-corrected chi connectivity index (χ0v) is 31.8. The third kappa shape index (κ3) is 12.7. The molecule has 3 aromatic rings. The van der Waals surface area contributed by atoms with Gasteiger partial charge in [0.15, 0.2) is 0 Å². The van der Waals surface area contributed by atoms with Crippen molar-refractivity contribution in [3.8, 4) is 0 Å². The van der Waals surface area contributed by atoms with Crippen molar-refractivity contribution in [3.05, 3.63) is 78.4 Å². The number of nitrogens with zero attached hydrogens (tertiary/aromatic N) is 1. The molecular formula is C38H50N3NaO8. The molecule has 5 atom stereocenters. The maximum Gasteiger partial charge on any atom is 1.00 e. The normalized spacial score (nSPS) is 14.1. The number of benzene rings is 3. The summed E-state index contributed by atoms with van der Waals surface area (Å²) in [6.07, 6.45) is -0.269. The van der Waals surface area contributed by atoms with E-state index in [2.05, 4.69) is 10.6 Å². The van der Waals surface area contributed by atoms with Crippen LogP contribution in [-0.4, -0.2) is 64.9 Å². The number of aliphatic carboxylic acids is 1. The molecule has 0 aromatic heterocycles. The fourth-order valence-electron chi connectivity index (χ4n) is 5.81. The Morgan fingerprint density at radius 3 is 2.16 bits per heavy atom. The Hall–Kier alpha value is -3.48. The predicted molar refractivity (Wildman–Crippen MR) is 186 cm³/mol. The fourth-order valence-corrected chi connectivity index (χ4v) is 5.81. The standard InChI is InChI=1S/C38H51N3O8.Na/c1-5-6-18-31(36(45)40-32(22-25(2)3)34(43)23-29(20-21-42)37(46)47)39-35(44)26(4)41(38(48)49-24-27-13-8-7-9-14-27)33-19-12-16-28-15-10-11-17-30(28)33;/h7-17,19,25-26,29,31-32,34,42-43H,5-6,18,20-24H2,1-4H3,(H,39,44)(H,40,45)(H,46,47);/q;+1/p-1/t26-,29?,31-,32-,34?;/m0./s1. The smallest absolute Gasteiger partial charge is 0.550 e. The summed E-state index contributed by atoms with van der Waals surface area (Å²) in [6, 6.07) is 19.2. The van der Waals surface area contributed by atoms with Crippen molar-refractivity contribution in [1.82, 2.24) is 10.6 Å². The van der Waals surface area contributed by atoms with Crippen molar-refractivity contribution in [2.45, 2.75) is 97.1 Å². The summed E-state index contributed by atoms with van der Waals surface area (Å²) in [7, 11) is 0. The second-order valence-electron chi connectivity index (χ2n) is 12.9. The van der Waals surface area contributed by atoms with Crippen LogP contribution in [0.2, 0.25) is 0 Å². The molecule has 0 bridgehead atoms. The number of anilines is 1. The molecule has 0 aliphatic heterocycles. The van der Waals surface area contributed by atoms with Gasteiger partial charge >= 0.3 is 35.7 Å². The molecule has 3 aromatic carbocycles. The summed E-state index contributed by atoms with van der Waals surface area (Å²) in [4.78, 5) is 54.3. The third-order valence-corrected chi connectivity index (χ3v) is 8.53. The SMILES string of the molecule is CCCC[C@H](NC(=O)[C@H](C)N(C(=O)OCc1ccccc1)c1cccc2ccccc12)C(=O)N[C@@H](CC(C)C)C(O)CC(CCO)C(=O)[O-].[Na+]. The summed E-state index contributed by atoms with van der Waals surface area (Å²) < 4.78 is 5.70. The van der Waals surface area contributed by atoms with Crippen LogP contribution in [0.5, 0.6) is 0 Å². The minimum absolute atomic E-state index is 0. The van der Waals surface area contributed by atoms with Crippen LogP contribution < -0.4 is 50.2 Å². The number of nitrogens with one attached hydrogen (secondary N) is 2. The summed E-state index contributed by atoms with van der Waals surface area (Å²) in [5.74, 6) is -3.55. The monoisotopic (exact) mass is 699 g/mol. The molecule has 3 rings (SSSR count). The van der Waals surface area contributed by atoms with Crippen molar-refractivity contribution >= 4 is 40.3 Å². The van der Waals surface area contributed by atoms with Gasteiger partial charge < -0.3 is 35.5 Å². The fraction of sp³-hybridized carbons (Fsp3) is 0.474. The van der Waals surface area contributed by atoms with Gasteiger partial charge in [0, 0.05) is 23.9 Å². The van der Waals surface area contributed by atoms with Gasteiger partial charge in [-0.15, -0.1) is 0 Å². The second-order valence-corrected chi connectivity index (χ2v) is 12.9. The number of carboxylic acids is 1. The van der Waals surface area contributed by atoms with Gasteiger partial charge in [0.2, 0.25) is 11.8 Å². The van der Waals surface area contributed by atoms with Crippen molar-refractivity contribution in [3.63, 3.8) is 0 Å². The number of aliphatic hydroxyl groups is 2. The Morgan fingerprint density at radius 2 is 1.52 bits per heavy atom. The van der Waals surface area contributed by atoms with E-state index in [0.717, 1.165) is 22.8 Å². The van der Waals surface area contributed by atoms with E-state index in [9.17, 15) is 34.5 Å². The number of hydrogen-bond donors (Lipinski definition) is 4. The first-order chi connectivity index (χ1) is 23.5. The molecule has 50 heavy (non-hydrogen) atoms. The minimum atomic E-state index is -1.39. The minimum Gasteiger partial charge on any atom is -0.550 e. The van der Waals surface area contributed by atoms with E-state index in [1.54, 1.807) is 19.1 Å². The second kappa shape index (κ2) is 21.7. The van der Waals surface area contributed by atoms with E-state index in [4.69, 9.17) is 4.74 Å². The van der Waals surface area contributed by atoms with Crippen molar-refractivity contribution in [2.24, 2.45) is 11.8 Å². The van der Waals surface area contributed by atoms with Crippen LogP contribution in [0.25, 0.3) is 10.8 Å². The molecule has 4 N–H and O–H groups in total. The van der Waals surface area contributed by atoms with Crippen molar-refractivity contribution in [1.29, 1.82) is 0 Å². The van der Waals surface area contributed by atoms with Crippen LogP contribution in [0.15, 0.2) is 72.8 Å². The largest absolute Gasteiger partial charge is 1.00 e. The first-order valence-electron chi connectivity index (χ1n) is 17.0. The summed E-state index contributed by atoms with van der Waals surface area (Å²) in [5, 5.41) is 39.2. The predicted octanol–water partition coefficient (Wildman–Crippen LogP) is 1.08. The van der Waals surface area contributed by atoms with Gasteiger partial charge in [-0.1, -0.05) is 100 Å². The number of aliphatic hydroxyl groups excluding tert-OH is 2. The molecule has 0 radical (unpaired) electrons. The molecule has 0 heterocycles.